The van der Waals surface area contributed by atoms with E-state index in [0.29, 0.717) is 43.1 Å². The molecule has 2 heterocycles. The first-order chi connectivity index (χ1) is 15.1. The Labute approximate surface area is 183 Å². The normalized spacial score (nSPS) is 14.0. The lowest BCUT2D eigenvalue weighted by Crippen LogP contribution is -2.41. The third-order valence-corrected chi connectivity index (χ3v) is 5.96. The number of morpholine rings is 1. The standard InChI is InChI=1S/C24H21FN2O3S/c25-20-7-3-1-5-18(20)22-11-9-17(31-22)10-12-23(28)26-21-8-4-2-6-19(21)24(29)27-13-15-30-16-14-27/h1-12H,13-16H2,(H,26,28)/b12-10+. The minimum absolute atomic E-state index is 0.129. The molecule has 0 bridgehead atoms. The summed E-state index contributed by atoms with van der Waals surface area (Å²) in [6.07, 6.45) is 3.09. The number of thiophene rings is 1. The number of carbonyl (C=O) groups is 2. The van der Waals surface area contributed by atoms with Crippen molar-refractivity contribution >= 4 is 34.9 Å². The van der Waals surface area contributed by atoms with E-state index in [4.69, 9.17) is 4.74 Å². The smallest absolute Gasteiger partial charge is 0.256 e. The molecule has 2 amide bonds. The summed E-state index contributed by atoms with van der Waals surface area (Å²) in [6, 6.07) is 17.2. The van der Waals surface area contributed by atoms with Gasteiger partial charge in [0.05, 0.1) is 24.5 Å². The largest absolute Gasteiger partial charge is 0.378 e. The first-order valence-corrected chi connectivity index (χ1v) is 10.7. The summed E-state index contributed by atoms with van der Waals surface area (Å²) in [5.74, 6) is -0.752. The van der Waals surface area contributed by atoms with Gasteiger partial charge in [0.25, 0.3) is 5.91 Å². The lowest BCUT2D eigenvalue weighted by atomic mass is 10.1. The summed E-state index contributed by atoms with van der Waals surface area (Å²) in [4.78, 5) is 28.6. The van der Waals surface area contributed by atoms with Gasteiger partial charge < -0.3 is 15.0 Å². The Bertz CT molecular complexity index is 1120. The minimum atomic E-state index is -0.344. The van der Waals surface area contributed by atoms with Crippen LogP contribution in [0, 0.1) is 5.82 Å². The summed E-state index contributed by atoms with van der Waals surface area (Å²) in [5.41, 5.74) is 1.45. The number of halogens is 1. The summed E-state index contributed by atoms with van der Waals surface area (Å²) in [6.45, 7) is 2.09. The van der Waals surface area contributed by atoms with Gasteiger partial charge in [-0.1, -0.05) is 30.3 Å². The molecule has 1 aromatic heterocycles. The van der Waals surface area contributed by atoms with Gasteiger partial charge in [0.2, 0.25) is 5.91 Å². The van der Waals surface area contributed by atoms with Crippen LogP contribution in [0.3, 0.4) is 0 Å². The first kappa shape index (κ1) is 21.0. The number of carbonyl (C=O) groups excluding carboxylic acids is 2. The van der Waals surface area contributed by atoms with Crippen molar-refractivity contribution in [3.8, 4) is 10.4 Å². The minimum Gasteiger partial charge on any atom is -0.378 e. The van der Waals surface area contributed by atoms with Crippen LogP contribution in [0.25, 0.3) is 16.5 Å². The van der Waals surface area contributed by atoms with E-state index >= 15 is 0 Å². The van der Waals surface area contributed by atoms with E-state index in [2.05, 4.69) is 5.32 Å². The first-order valence-electron chi connectivity index (χ1n) is 9.91. The number of ether oxygens (including phenoxy) is 1. The van der Waals surface area contributed by atoms with Crippen LogP contribution < -0.4 is 5.32 Å². The maximum absolute atomic E-state index is 14.0. The molecule has 3 aromatic rings. The molecular formula is C24H21FN2O3S. The summed E-state index contributed by atoms with van der Waals surface area (Å²) in [5, 5.41) is 2.79. The number of hydrogen-bond acceptors (Lipinski definition) is 4. The molecule has 158 valence electrons. The average molecular weight is 437 g/mol. The molecule has 0 unspecified atom stereocenters. The Morgan fingerprint density at radius 2 is 1.74 bits per heavy atom. The van der Waals surface area contributed by atoms with Crippen molar-refractivity contribution in [3.63, 3.8) is 0 Å². The molecular weight excluding hydrogens is 415 g/mol. The lowest BCUT2D eigenvalue weighted by Gasteiger charge is -2.27. The van der Waals surface area contributed by atoms with Crippen LogP contribution in [-0.2, 0) is 9.53 Å². The molecule has 1 fully saturated rings. The zero-order chi connectivity index (χ0) is 21.6. The van der Waals surface area contributed by atoms with Gasteiger partial charge in [0.1, 0.15) is 5.82 Å². The van der Waals surface area contributed by atoms with Crippen LogP contribution in [0.5, 0.6) is 0 Å². The second-order valence-corrected chi connectivity index (χ2v) is 8.07. The van der Waals surface area contributed by atoms with Crippen LogP contribution in [0.4, 0.5) is 10.1 Å². The number of rotatable bonds is 5. The van der Waals surface area contributed by atoms with Crippen LogP contribution in [0.15, 0.2) is 66.7 Å². The zero-order valence-corrected chi connectivity index (χ0v) is 17.5. The van der Waals surface area contributed by atoms with Gasteiger partial charge in [0.15, 0.2) is 0 Å². The second kappa shape index (κ2) is 9.68. The molecule has 0 saturated carbocycles. The SMILES string of the molecule is O=C(/C=C/c1ccc(-c2ccccc2F)s1)Nc1ccccc1C(=O)N1CCOCC1. The number of nitrogens with one attached hydrogen (secondary N) is 1. The number of amides is 2. The van der Waals surface area contributed by atoms with Gasteiger partial charge in [-0.25, -0.2) is 4.39 Å². The van der Waals surface area contributed by atoms with Crippen LogP contribution >= 0.6 is 11.3 Å². The van der Waals surface area contributed by atoms with E-state index in [-0.39, 0.29) is 17.6 Å². The fourth-order valence-electron chi connectivity index (χ4n) is 3.30. The van der Waals surface area contributed by atoms with Crippen LogP contribution in [0.2, 0.25) is 0 Å². The van der Waals surface area contributed by atoms with E-state index in [1.54, 1.807) is 53.4 Å². The van der Waals surface area contributed by atoms with Gasteiger partial charge in [0, 0.05) is 34.5 Å². The molecule has 4 rings (SSSR count). The Morgan fingerprint density at radius 3 is 2.55 bits per heavy atom. The van der Waals surface area contributed by atoms with E-state index in [1.165, 1.54) is 23.5 Å². The third-order valence-electron chi connectivity index (χ3n) is 4.88. The highest BCUT2D eigenvalue weighted by Gasteiger charge is 2.21. The van der Waals surface area contributed by atoms with Crippen LogP contribution in [-0.4, -0.2) is 43.0 Å². The summed E-state index contributed by atoms with van der Waals surface area (Å²) < 4.78 is 19.3. The monoisotopic (exact) mass is 436 g/mol. The van der Waals surface area contributed by atoms with E-state index in [0.717, 1.165) is 9.75 Å². The Morgan fingerprint density at radius 1 is 1.00 bits per heavy atom. The highest BCUT2D eigenvalue weighted by molar-refractivity contribution is 7.16. The Hall–Kier alpha value is -3.29. The number of hydrogen-bond donors (Lipinski definition) is 1. The molecule has 2 aromatic carbocycles. The number of benzene rings is 2. The molecule has 1 aliphatic rings. The Balaban J connectivity index is 1.44. The molecule has 1 aliphatic heterocycles. The van der Waals surface area contributed by atoms with Crippen molar-refractivity contribution in [1.82, 2.24) is 4.90 Å². The van der Waals surface area contributed by atoms with Gasteiger partial charge in [-0.2, -0.15) is 0 Å². The Kier molecular flexibility index (Phi) is 6.54. The molecule has 1 saturated heterocycles. The topological polar surface area (TPSA) is 58.6 Å². The predicted octanol–water partition coefficient (Wildman–Crippen LogP) is 4.68. The quantitative estimate of drug-likeness (QED) is 0.591. The van der Waals surface area contributed by atoms with Gasteiger partial charge in [-0.15, -0.1) is 11.3 Å². The van der Waals surface area contributed by atoms with Gasteiger partial charge in [-0.05, 0) is 36.4 Å². The average Bonchev–Trinajstić information content (AvgIpc) is 3.27. The van der Waals surface area contributed by atoms with Crippen molar-refractivity contribution in [2.24, 2.45) is 0 Å². The fraction of sp³-hybridized carbons (Fsp3) is 0.167. The fourth-order valence-corrected chi connectivity index (χ4v) is 4.23. The van der Waals surface area contributed by atoms with Crippen molar-refractivity contribution in [2.45, 2.75) is 0 Å². The number of para-hydroxylation sites is 1. The lowest BCUT2D eigenvalue weighted by molar-refractivity contribution is -0.111. The molecule has 0 radical (unpaired) electrons. The molecule has 0 atom stereocenters. The summed E-state index contributed by atoms with van der Waals surface area (Å²) in [7, 11) is 0. The molecule has 5 nitrogen and oxygen atoms in total. The van der Waals surface area contributed by atoms with Crippen molar-refractivity contribution in [1.29, 1.82) is 0 Å². The van der Waals surface area contributed by atoms with Crippen molar-refractivity contribution in [3.05, 3.63) is 83.0 Å². The van der Waals surface area contributed by atoms with Gasteiger partial charge in [-0.3, -0.25) is 9.59 Å². The number of nitrogens with zero attached hydrogens (tertiary/aromatic N) is 1. The maximum Gasteiger partial charge on any atom is 0.256 e. The third kappa shape index (κ3) is 5.07. The molecule has 0 aliphatic carbocycles. The van der Waals surface area contributed by atoms with E-state index in [9.17, 15) is 14.0 Å². The maximum atomic E-state index is 14.0. The van der Waals surface area contributed by atoms with E-state index in [1.807, 2.05) is 12.1 Å². The molecule has 7 heteroatoms. The molecule has 1 N–H and O–H groups in total. The molecule has 31 heavy (non-hydrogen) atoms. The molecule has 0 spiro atoms. The van der Waals surface area contributed by atoms with Crippen molar-refractivity contribution < 1.29 is 18.7 Å². The highest BCUT2D eigenvalue weighted by Crippen LogP contribution is 2.30. The highest BCUT2D eigenvalue weighted by atomic mass is 32.1. The second-order valence-electron chi connectivity index (χ2n) is 6.95. The van der Waals surface area contributed by atoms with Gasteiger partial charge >= 0.3 is 0 Å². The summed E-state index contributed by atoms with van der Waals surface area (Å²) >= 11 is 1.40. The van der Waals surface area contributed by atoms with Crippen molar-refractivity contribution in [2.75, 3.05) is 31.6 Å². The number of anilines is 1. The zero-order valence-electron chi connectivity index (χ0n) is 16.7. The predicted molar refractivity (Wildman–Crippen MR) is 121 cm³/mol. The van der Waals surface area contributed by atoms with Crippen LogP contribution in [0.1, 0.15) is 15.2 Å². The van der Waals surface area contributed by atoms with E-state index < -0.39 is 0 Å².